The van der Waals surface area contributed by atoms with E-state index in [1.54, 1.807) is 30.3 Å². The van der Waals surface area contributed by atoms with Crippen LogP contribution < -0.4 is 4.90 Å². The number of aliphatic carboxylic acids is 1. The number of hydrogen-bond donors (Lipinski definition) is 1. The van der Waals surface area contributed by atoms with Crippen molar-refractivity contribution in [2.24, 2.45) is 0 Å². The first kappa shape index (κ1) is 10.1. The lowest BCUT2D eigenvalue weighted by Gasteiger charge is -2.13. The average molecular weight is 217 g/mol. The number of rotatable bonds is 2. The molecule has 80 valence electrons. The number of hydrogen-bond acceptors (Lipinski definition) is 3. The van der Waals surface area contributed by atoms with E-state index in [0.717, 1.165) is 11.0 Å². The molecule has 1 aromatic carbocycles. The average Bonchev–Trinajstić information content (AvgIpc) is 2.56. The summed E-state index contributed by atoms with van der Waals surface area (Å²) in [6.07, 6.45) is 0.831. The summed E-state index contributed by atoms with van der Waals surface area (Å²) in [5.41, 5.74) is -0.140. The highest BCUT2D eigenvalue weighted by atomic mass is 16.4. The Kier molecular flexibility index (Phi) is 2.28. The summed E-state index contributed by atoms with van der Waals surface area (Å²) in [5.74, 6) is -2.82. The summed E-state index contributed by atoms with van der Waals surface area (Å²) in [7, 11) is 0. The lowest BCUT2D eigenvalue weighted by Crippen LogP contribution is -2.31. The van der Waals surface area contributed by atoms with Gasteiger partial charge in [0.15, 0.2) is 0 Å². The van der Waals surface area contributed by atoms with Gasteiger partial charge >= 0.3 is 5.97 Å². The molecular formula is C11H7NO4. The predicted octanol–water partition coefficient (Wildman–Crippen LogP) is 0.571. The fourth-order valence-corrected chi connectivity index (χ4v) is 1.45. The van der Waals surface area contributed by atoms with Gasteiger partial charge in [-0.1, -0.05) is 18.2 Å². The third kappa shape index (κ3) is 1.48. The Labute approximate surface area is 90.6 Å². The van der Waals surface area contributed by atoms with Crippen molar-refractivity contribution in [1.29, 1.82) is 0 Å². The minimum atomic E-state index is -1.39. The predicted molar refractivity (Wildman–Crippen MR) is 54.7 cm³/mol. The molecule has 1 aromatic rings. The Bertz CT molecular complexity index is 504. The molecule has 1 heterocycles. The van der Waals surface area contributed by atoms with Gasteiger partial charge < -0.3 is 5.11 Å². The van der Waals surface area contributed by atoms with Gasteiger partial charge in [-0.2, -0.15) is 0 Å². The van der Waals surface area contributed by atoms with E-state index in [4.69, 9.17) is 5.11 Å². The van der Waals surface area contributed by atoms with E-state index in [0.29, 0.717) is 5.69 Å². The van der Waals surface area contributed by atoms with Gasteiger partial charge in [-0.15, -0.1) is 0 Å². The number of anilines is 1. The number of carboxylic acid groups (broad SMARTS) is 1. The van der Waals surface area contributed by atoms with Gasteiger partial charge in [0.2, 0.25) is 0 Å². The van der Waals surface area contributed by atoms with E-state index in [2.05, 4.69) is 0 Å². The molecule has 2 rings (SSSR count). The first-order valence-electron chi connectivity index (χ1n) is 4.49. The van der Waals surface area contributed by atoms with Crippen LogP contribution in [-0.4, -0.2) is 22.9 Å². The van der Waals surface area contributed by atoms with Crippen LogP contribution in [0.15, 0.2) is 42.0 Å². The molecule has 0 bridgehead atoms. The van der Waals surface area contributed by atoms with E-state index >= 15 is 0 Å². The van der Waals surface area contributed by atoms with Crippen molar-refractivity contribution < 1.29 is 19.5 Å². The summed E-state index contributed by atoms with van der Waals surface area (Å²) >= 11 is 0. The molecule has 0 saturated heterocycles. The number of carbonyl (C=O) groups is 3. The molecule has 0 spiro atoms. The van der Waals surface area contributed by atoms with Crippen molar-refractivity contribution in [3.05, 3.63) is 42.0 Å². The van der Waals surface area contributed by atoms with Crippen LogP contribution in [0, 0.1) is 0 Å². The number of amides is 2. The zero-order valence-electron chi connectivity index (χ0n) is 8.08. The molecule has 0 unspecified atom stereocenters. The largest absolute Gasteiger partial charge is 0.477 e. The Balaban J connectivity index is 2.39. The van der Waals surface area contributed by atoms with Crippen LogP contribution >= 0.6 is 0 Å². The molecule has 0 saturated carbocycles. The summed E-state index contributed by atoms with van der Waals surface area (Å²) in [5, 5.41) is 8.70. The number of benzene rings is 1. The second kappa shape index (κ2) is 3.62. The van der Waals surface area contributed by atoms with Crippen molar-refractivity contribution in [2.45, 2.75) is 0 Å². The smallest absolute Gasteiger partial charge is 0.341 e. The Morgan fingerprint density at radius 3 is 2.25 bits per heavy atom. The normalized spacial score (nSPS) is 15.2. The van der Waals surface area contributed by atoms with Crippen molar-refractivity contribution >= 4 is 23.5 Å². The standard InChI is InChI=1S/C11H7NO4/c13-9-6-8(11(15)16)10(14)12(9)7-4-2-1-3-5-7/h1-6H,(H,15,16). The second-order valence-corrected chi connectivity index (χ2v) is 3.18. The van der Waals surface area contributed by atoms with Crippen molar-refractivity contribution in [3.63, 3.8) is 0 Å². The van der Waals surface area contributed by atoms with Crippen LogP contribution in [0.3, 0.4) is 0 Å². The van der Waals surface area contributed by atoms with Crippen LogP contribution in [0.25, 0.3) is 0 Å². The number of carboxylic acids is 1. The first-order chi connectivity index (χ1) is 7.61. The van der Waals surface area contributed by atoms with Gasteiger partial charge in [-0.3, -0.25) is 9.59 Å². The molecule has 16 heavy (non-hydrogen) atoms. The van der Waals surface area contributed by atoms with Crippen LogP contribution in [0.2, 0.25) is 0 Å². The molecule has 1 N–H and O–H groups in total. The Morgan fingerprint density at radius 2 is 1.75 bits per heavy atom. The van der Waals surface area contributed by atoms with Crippen molar-refractivity contribution in [3.8, 4) is 0 Å². The lowest BCUT2D eigenvalue weighted by molar-refractivity contribution is -0.134. The van der Waals surface area contributed by atoms with Gasteiger partial charge in [0.25, 0.3) is 11.8 Å². The van der Waals surface area contributed by atoms with Gasteiger partial charge in [0, 0.05) is 6.08 Å². The summed E-state index contributed by atoms with van der Waals surface area (Å²) in [4.78, 5) is 34.6. The molecule has 0 fully saturated rings. The maximum Gasteiger partial charge on any atom is 0.341 e. The highest BCUT2D eigenvalue weighted by Crippen LogP contribution is 2.21. The first-order valence-corrected chi connectivity index (χ1v) is 4.49. The molecular weight excluding hydrogens is 210 g/mol. The topological polar surface area (TPSA) is 74.7 Å². The van der Waals surface area contributed by atoms with Gasteiger partial charge in [-0.05, 0) is 12.1 Å². The van der Waals surface area contributed by atoms with E-state index in [-0.39, 0.29) is 0 Å². The summed E-state index contributed by atoms with van der Waals surface area (Å²) < 4.78 is 0. The third-order valence-electron chi connectivity index (χ3n) is 2.17. The molecule has 2 amide bonds. The van der Waals surface area contributed by atoms with E-state index in [1.807, 2.05) is 0 Å². The third-order valence-corrected chi connectivity index (χ3v) is 2.17. The maximum absolute atomic E-state index is 11.6. The maximum atomic E-state index is 11.6. The van der Waals surface area contributed by atoms with E-state index < -0.39 is 23.4 Å². The number of para-hydroxylation sites is 1. The number of imide groups is 1. The number of nitrogens with zero attached hydrogens (tertiary/aromatic N) is 1. The SMILES string of the molecule is O=C(O)C1=CC(=O)N(c2ccccc2)C1=O. The minimum Gasteiger partial charge on any atom is -0.477 e. The quantitative estimate of drug-likeness (QED) is 0.580. The molecule has 5 nitrogen and oxygen atoms in total. The monoisotopic (exact) mass is 217 g/mol. The fourth-order valence-electron chi connectivity index (χ4n) is 1.45. The van der Waals surface area contributed by atoms with Gasteiger partial charge in [0.1, 0.15) is 5.57 Å². The molecule has 0 aromatic heterocycles. The highest BCUT2D eigenvalue weighted by molar-refractivity contribution is 6.38. The minimum absolute atomic E-state index is 0.366. The van der Waals surface area contributed by atoms with Crippen LogP contribution in [0.1, 0.15) is 0 Å². The van der Waals surface area contributed by atoms with Gasteiger partial charge in [0.05, 0.1) is 5.69 Å². The highest BCUT2D eigenvalue weighted by Gasteiger charge is 2.35. The summed E-state index contributed by atoms with van der Waals surface area (Å²) in [6, 6.07) is 8.19. The molecule has 0 radical (unpaired) electrons. The van der Waals surface area contributed by atoms with Crippen molar-refractivity contribution in [1.82, 2.24) is 0 Å². The Hall–Kier alpha value is -2.43. The lowest BCUT2D eigenvalue weighted by atomic mass is 10.2. The second-order valence-electron chi connectivity index (χ2n) is 3.18. The molecule has 0 atom stereocenters. The van der Waals surface area contributed by atoms with Crippen LogP contribution in [0.5, 0.6) is 0 Å². The molecule has 1 aliphatic heterocycles. The summed E-state index contributed by atoms with van der Waals surface area (Å²) in [6.45, 7) is 0. The van der Waals surface area contributed by atoms with Crippen molar-refractivity contribution in [2.75, 3.05) is 4.90 Å². The Morgan fingerprint density at radius 1 is 1.12 bits per heavy atom. The molecule has 1 aliphatic rings. The molecule has 5 heteroatoms. The number of carbonyl (C=O) groups excluding carboxylic acids is 2. The van der Waals surface area contributed by atoms with E-state index in [9.17, 15) is 14.4 Å². The van der Waals surface area contributed by atoms with Gasteiger partial charge in [-0.25, -0.2) is 9.69 Å². The van der Waals surface area contributed by atoms with Crippen LogP contribution in [0.4, 0.5) is 5.69 Å². The zero-order valence-corrected chi connectivity index (χ0v) is 8.08. The van der Waals surface area contributed by atoms with Crippen LogP contribution in [-0.2, 0) is 14.4 Å². The zero-order chi connectivity index (χ0) is 11.7. The fraction of sp³-hybridized carbons (Fsp3) is 0. The van der Waals surface area contributed by atoms with E-state index in [1.165, 1.54) is 0 Å². The molecule has 0 aliphatic carbocycles.